The van der Waals surface area contributed by atoms with Crippen molar-refractivity contribution < 1.29 is 5.11 Å². The lowest BCUT2D eigenvalue weighted by atomic mass is 9.99. The van der Waals surface area contributed by atoms with Crippen LogP contribution in [-0.2, 0) is 7.05 Å². The second kappa shape index (κ2) is 4.68. The molecule has 3 aromatic rings. The monoisotopic (exact) mass is 272 g/mol. The third-order valence-electron chi connectivity index (χ3n) is 3.31. The molecule has 1 atom stereocenters. The summed E-state index contributed by atoms with van der Waals surface area (Å²) in [5.41, 5.74) is 1.45. The predicted molar refractivity (Wildman–Crippen MR) is 76.2 cm³/mol. The van der Waals surface area contributed by atoms with Crippen LogP contribution in [0.2, 0.25) is 5.02 Å². The SMILES string of the molecule is Cn1ncc(Cl)c1C(O)c1cccc2ccccc12. The summed E-state index contributed by atoms with van der Waals surface area (Å²) in [6.07, 6.45) is 0.761. The molecule has 3 nitrogen and oxygen atoms in total. The minimum absolute atomic E-state index is 0.475. The van der Waals surface area contributed by atoms with Gasteiger partial charge >= 0.3 is 0 Å². The smallest absolute Gasteiger partial charge is 0.123 e. The third kappa shape index (κ3) is 2.01. The van der Waals surface area contributed by atoms with Gasteiger partial charge in [0.25, 0.3) is 0 Å². The molecule has 1 aromatic heterocycles. The summed E-state index contributed by atoms with van der Waals surface area (Å²) in [7, 11) is 1.77. The van der Waals surface area contributed by atoms with Crippen molar-refractivity contribution in [2.75, 3.05) is 0 Å². The van der Waals surface area contributed by atoms with Gasteiger partial charge in [-0.15, -0.1) is 0 Å². The van der Waals surface area contributed by atoms with E-state index < -0.39 is 6.10 Å². The highest BCUT2D eigenvalue weighted by Crippen LogP contribution is 2.31. The summed E-state index contributed by atoms with van der Waals surface area (Å²) in [6, 6.07) is 13.8. The molecule has 4 heteroatoms. The molecule has 0 fully saturated rings. The van der Waals surface area contributed by atoms with Crippen LogP contribution in [0, 0.1) is 0 Å². The van der Waals surface area contributed by atoms with E-state index in [1.807, 2.05) is 42.5 Å². The van der Waals surface area contributed by atoms with Crippen molar-refractivity contribution in [2.24, 2.45) is 7.05 Å². The van der Waals surface area contributed by atoms with E-state index in [0.717, 1.165) is 16.3 Å². The van der Waals surface area contributed by atoms with Gasteiger partial charge in [-0.2, -0.15) is 5.10 Å². The van der Waals surface area contributed by atoms with Crippen LogP contribution in [0.5, 0.6) is 0 Å². The molecule has 0 saturated carbocycles. The molecule has 0 saturated heterocycles. The molecule has 96 valence electrons. The number of fused-ring (bicyclic) bond motifs is 1. The van der Waals surface area contributed by atoms with Gasteiger partial charge in [0.05, 0.1) is 16.9 Å². The van der Waals surface area contributed by atoms with Crippen LogP contribution in [0.1, 0.15) is 17.4 Å². The molecule has 0 amide bonds. The first-order chi connectivity index (χ1) is 9.18. The van der Waals surface area contributed by atoms with E-state index in [0.29, 0.717) is 10.7 Å². The summed E-state index contributed by atoms with van der Waals surface area (Å²) in [5.74, 6) is 0. The summed E-state index contributed by atoms with van der Waals surface area (Å²) >= 11 is 6.10. The van der Waals surface area contributed by atoms with Gasteiger partial charge < -0.3 is 5.11 Å². The molecule has 3 rings (SSSR count). The van der Waals surface area contributed by atoms with Crippen LogP contribution >= 0.6 is 11.6 Å². The van der Waals surface area contributed by atoms with E-state index in [1.165, 1.54) is 0 Å². The Kier molecular flexibility index (Phi) is 3.01. The molecule has 1 unspecified atom stereocenters. The number of nitrogens with zero attached hydrogens (tertiary/aromatic N) is 2. The second-order valence-corrected chi connectivity index (χ2v) is 4.88. The molecule has 2 aromatic carbocycles. The van der Waals surface area contributed by atoms with Crippen molar-refractivity contribution in [3.05, 3.63) is 64.9 Å². The van der Waals surface area contributed by atoms with Gasteiger partial charge in [-0.05, 0) is 16.3 Å². The van der Waals surface area contributed by atoms with Gasteiger partial charge in [0.1, 0.15) is 6.10 Å². The van der Waals surface area contributed by atoms with Gasteiger partial charge in [0.2, 0.25) is 0 Å². The Morgan fingerprint density at radius 2 is 1.89 bits per heavy atom. The molecule has 1 heterocycles. The van der Waals surface area contributed by atoms with Gasteiger partial charge in [-0.25, -0.2) is 0 Å². The number of aromatic nitrogens is 2. The molecular formula is C15H13ClN2O. The van der Waals surface area contributed by atoms with Crippen molar-refractivity contribution in [2.45, 2.75) is 6.10 Å². The number of hydrogen-bond donors (Lipinski definition) is 1. The maximum atomic E-state index is 10.6. The number of hydrogen-bond acceptors (Lipinski definition) is 2. The quantitative estimate of drug-likeness (QED) is 0.777. The van der Waals surface area contributed by atoms with E-state index >= 15 is 0 Å². The van der Waals surface area contributed by atoms with Crippen molar-refractivity contribution in [1.82, 2.24) is 9.78 Å². The predicted octanol–water partition coefficient (Wildman–Crippen LogP) is 3.31. The van der Waals surface area contributed by atoms with Crippen molar-refractivity contribution >= 4 is 22.4 Å². The molecular weight excluding hydrogens is 260 g/mol. The highest BCUT2D eigenvalue weighted by atomic mass is 35.5. The normalized spacial score (nSPS) is 12.8. The average Bonchev–Trinajstić information content (AvgIpc) is 2.77. The number of aryl methyl sites for hydroxylation is 1. The average molecular weight is 273 g/mol. The lowest BCUT2D eigenvalue weighted by Crippen LogP contribution is -2.07. The van der Waals surface area contributed by atoms with E-state index in [-0.39, 0.29) is 0 Å². The zero-order chi connectivity index (χ0) is 13.4. The van der Waals surface area contributed by atoms with Gasteiger partial charge in [-0.3, -0.25) is 4.68 Å². The van der Waals surface area contributed by atoms with Gasteiger partial charge in [0.15, 0.2) is 0 Å². The van der Waals surface area contributed by atoms with E-state index in [4.69, 9.17) is 11.6 Å². The number of halogens is 1. The second-order valence-electron chi connectivity index (χ2n) is 4.47. The fraction of sp³-hybridized carbons (Fsp3) is 0.133. The minimum Gasteiger partial charge on any atom is -0.382 e. The van der Waals surface area contributed by atoms with Crippen molar-refractivity contribution in [3.8, 4) is 0 Å². The molecule has 19 heavy (non-hydrogen) atoms. The van der Waals surface area contributed by atoms with Gasteiger partial charge in [0, 0.05) is 7.05 Å². The molecule has 0 spiro atoms. The topological polar surface area (TPSA) is 38.0 Å². The first-order valence-corrected chi connectivity index (χ1v) is 6.39. The molecule has 1 N–H and O–H groups in total. The highest BCUT2D eigenvalue weighted by molar-refractivity contribution is 6.31. The fourth-order valence-corrected chi connectivity index (χ4v) is 2.63. The molecule has 0 aliphatic rings. The van der Waals surface area contributed by atoms with Crippen LogP contribution in [-0.4, -0.2) is 14.9 Å². The maximum Gasteiger partial charge on any atom is 0.123 e. The lowest BCUT2D eigenvalue weighted by molar-refractivity contribution is 0.211. The Balaban J connectivity index is 2.20. The zero-order valence-electron chi connectivity index (χ0n) is 10.4. The summed E-state index contributed by atoms with van der Waals surface area (Å²) in [6.45, 7) is 0. The first-order valence-electron chi connectivity index (χ1n) is 6.01. The number of rotatable bonds is 2. The van der Waals surface area contributed by atoms with Crippen LogP contribution in [0.4, 0.5) is 0 Å². The minimum atomic E-state index is -0.786. The Bertz CT molecular complexity index is 711. The van der Waals surface area contributed by atoms with Crippen molar-refractivity contribution in [1.29, 1.82) is 0 Å². The van der Waals surface area contributed by atoms with Crippen LogP contribution in [0.3, 0.4) is 0 Å². The van der Waals surface area contributed by atoms with Gasteiger partial charge in [-0.1, -0.05) is 54.1 Å². The Morgan fingerprint density at radius 3 is 2.63 bits per heavy atom. The highest BCUT2D eigenvalue weighted by Gasteiger charge is 2.19. The Morgan fingerprint density at radius 1 is 1.16 bits per heavy atom. The lowest BCUT2D eigenvalue weighted by Gasteiger charge is -2.14. The Labute approximate surface area is 116 Å². The molecule has 0 radical (unpaired) electrons. The van der Waals surface area contributed by atoms with Crippen LogP contribution in [0.15, 0.2) is 48.7 Å². The van der Waals surface area contributed by atoms with E-state index in [1.54, 1.807) is 17.9 Å². The molecule has 0 bridgehead atoms. The summed E-state index contributed by atoms with van der Waals surface area (Å²) in [4.78, 5) is 0. The fourth-order valence-electron chi connectivity index (χ4n) is 2.36. The standard InChI is InChI=1S/C15H13ClN2O/c1-18-14(13(16)9-17-18)15(19)12-8-4-6-10-5-2-3-7-11(10)12/h2-9,15,19H,1H3. The number of aliphatic hydroxyl groups is 1. The molecule has 0 aliphatic carbocycles. The zero-order valence-corrected chi connectivity index (χ0v) is 11.2. The van der Waals surface area contributed by atoms with E-state index in [9.17, 15) is 5.11 Å². The molecule has 0 aliphatic heterocycles. The maximum absolute atomic E-state index is 10.6. The Hall–Kier alpha value is -1.84. The summed E-state index contributed by atoms with van der Waals surface area (Å²) in [5, 5.41) is 17.3. The first kappa shape index (κ1) is 12.2. The van der Waals surface area contributed by atoms with Crippen molar-refractivity contribution in [3.63, 3.8) is 0 Å². The van der Waals surface area contributed by atoms with Crippen LogP contribution in [0.25, 0.3) is 10.8 Å². The number of aliphatic hydroxyl groups excluding tert-OH is 1. The summed E-state index contributed by atoms with van der Waals surface area (Å²) < 4.78 is 1.61. The largest absolute Gasteiger partial charge is 0.382 e. The van der Waals surface area contributed by atoms with E-state index in [2.05, 4.69) is 5.10 Å². The van der Waals surface area contributed by atoms with Crippen LogP contribution < -0.4 is 0 Å². The third-order valence-corrected chi connectivity index (χ3v) is 3.61. The number of benzene rings is 2.